The number of carbonyl (C=O) groups is 1. The molecule has 1 rings (SSSR count). The second-order valence-electron chi connectivity index (χ2n) is 5.85. The number of H-pyrrole nitrogens is 1. The van der Waals surface area contributed by atoms with Crippen LogP contribution in [0, 0.1) is 0 Å². The number of imidazole rings is 1. The zero-order valence-electron chi connectivity index (χ0n) is 13.6. The highest BCUT2D eigenvalue weighted by atomic mass is 16.7. The largest absolute Gasteiger partial charge is 0.444 e. The van der Waals surface area contributed by atoms with Gasteiger partial charge < -0.3 is 29.6 Å². The topological polar surface area (TPSA) is 106 Å². The van der Waals surface area contributed by atoms with Crippen molar-refractivity contribution in [2.75, 3.05) is 14.2 Å². The molecule has 0 aliphatic carbocycles. The van der Waals surface area contributed by atoms with Crippen molar-refractivity contribution in [1.29, 1.82) is 0 Å². The molecule has 1 aromatic heterocycles. The van der Waals surface area contributed by atoms with E-state index in [-0.39, 0.29) is 0 Å². The van der Waals surface area contributed by atoms with Crippen LogP contribution in [0.3, 0.4) is 0 Å². The van der Waals surface area contributed by atoms with Crippen LogP contribution in [0.25, 0.3) is 0 Å². The highest BCUT2D eigenvalue weighted by molar-refractivity contribution is 5.68. The lowest BCUT2D eigenvalue weighted by atomic mass is 10.1. The summed E-state index contributed by atoms with van der Waals surface area (Å²) in [6.45, 7) is 5.29. The fourth-order valence-corrected chi connectivity index (χ4v) is 1.91. The van der Waals surface area contributed by atoms with E-state index in [4.69, 9.17) is 14.2 Å². The van der Waals surface area contributed by atoms with Crippen molar-refractivity contribution in [3.63, 3.8) is 0 Å². The Hall–Kier alpha value is -1.64. The molecule has 8 heteroatoms. The lowest BCUT2D eigenvalue weighted by Gasteiger charge is -2.29. The first kappa shape index (κ1) is 18.4. The third-order valence-electron chi connectivity index (χ3n) is 2.84. The van der Waals surface area contributed by atoms with Crippen molar-refractivity contribution in [3.05, 3.63) is 18.2 Å². The fraction of sp³-hybridized carbons (Fsp3) is 0.714. The van der Waals surface area contributed by atoms with Gasteiger partial charge in [0.05, 0.1) is 18.1 Å². The lowest BCUT2D eigenvalue weighted by Crippen LogP contribution is -2.51. The van der Waals surface area contributed by atoms with Gasteiger partial charge in [-0.15, -0.1) is 0 Å². The molecule has 0 radical (unpaired) electrons. The maximum Gasteiger partial charge on any atom is 0.407 e. The van der Waals surface area contributed by atoms with Crippen LogP contribution in [0.2, 0.25) is 0 Å². The third kappa shape index (κ3) is 6.00. The number of hydrogen-bond donors (Lipinski definition) is 3. The van der Waals surface area contributed by atoms with E-state index in [1.54, 1.807) is 27.0 Å². The summed E-state index contributed by atoms with van der Waals surface area (Å²) in [6, 6.07) is -0.678. The van der Waals surface area contributed by atoms with Gasteiger partial charge in [0, 0.05) is 26.8 Å². The highest BCUT2D eigenvalue weighted by Crippen LogP contribution is 2.12. The summed E-state index contributed by atoms with van der Waals surface area (Å²) >= 11 is 0. The van der Waals surface area contributed by atoms with Gasteiger partial charge in [0.15, 0.2) is 6.29 Å². The van der Waals surface area contributed by atoms with E-state index in [0.29, 0.717) is 12.1 Å². The number of amides is 1. The average molecular weight is 315 g/mol. The van der Waals surface area contributed by atoms with Crippen LogP contribution < -0.4 is 5.32 Å². The Kier molecular flexibility index (Phi) is 6.79. The number of rotatable bonds is 7. The van der Waals surface area contributed by atoms with Crippen LogP contribution >= 0.6 is 0 Å². The number of ether oxygens (including phenoxy) is 3. The Labute approximate surface area is 130 Å². The maximum absolute atomic E-state index is 11.9. The molecule has 3 N–H and O–H groups in total. The number of nitrogens with zero attached hydrogens (tertiary/aromatic N) is 1. The quantitative estimate of drug-likeness (QED) is 0.643. The number of carbonyl (C=O) groups excluding carboxylic acids is 1. The number of aliphatic hydroxyl groups is 1. The molecule has 0 aliphatic rings. The summed E-state index contributed by atoms with van der Waals surface area (Å²) in [7, 11) is 2.83. The fourth-order valence-electron chi connectivity index (χ4n) is 1.91. The first-order valence-electron chi connectivity index (χ1n) is 6.97. The minimum Gasteiger partial charge on any atom is -0.444 e. The van der Waals surface area contributed by atoms with E-state index in [9.17, 15) is 9.90 Å². The first-order chi connectivity index (χ1) is 10.3. The molecule has 0 spiro atoms. The normalized spacial score (nSPS) is 14.7. The summed E-state index contributed by atoms with van der Waals surface area (Å²) in [6.07, 6.45) is 0.922. The van der Waals surface area contributed by atoms with Crippen molar-refractivity contribution < 1.29 is 24.1 Å². The molecule has 1 heterocycles. The number of nitrogens with one attached hydrogen (secondary N) is 2. The Bertz CT molecular complexity index is 440. The zero-order valence-corrected chi connectivity index (χ0v) is 13.6. The van der Waals surface area contributed by atoms with Gasteiger partial charge in [0.1, 0.15) is 11.7 Å². The molecule has 2 atom stereocenters. The van der Waals surface area contributed by atoms with Gasteiger partial charge in [0.2, 0.25) is 0 Å². The number of aliphatic hydroxyl groups excluding tert-OH is 1. The Morgan fingerprint density at radius 2 is 2.05 bits per heavy atom. The molecular weight excluding hydrogens is 290 g/mol. The smallest absolute Gasteiger partial charge is 0.407 e. The Balaban J connectivity index is 2.79. The maximum atomic E-state index is 11.9. The van der Waals surface area contributed by atoms with Gasteiger partial charge >= 0.3 is 6.09 Å². The molecule has 22 heavy (non-hydrogen) atoms. The third-order valence-corrected chi connectivity index (χ3v) is 2.84. The summed E-state index contributed by atoms with van der Waals surface area (Å²) < 4.78 is 15.3. The standard InChI is InChI=1S/C14H25N3O5/c1-14(2,3)22-13(19)17-10(6-9-7-15-8-16-9)11(18)12(20-4)21-5/h7-8,10-12,18H,6H2,1-5H3,(H,15,16)(H,17,19). The molecule has 0 bridgehead atoms. The zero-order chi connectivity index (χ0) is 16.8. The minimum absolute atomic E-state index is 0.299. The highest BCUT2D eigenvalue weighted by Gasteiger charge is 2.31. The summed E-state index contributed by atoms with van der Waals surface area (Å²) in [5, 5.41) is 13.0. The molecule has 0 aliphatic heterocycles. The van der Waals surface area contributed by atoms with Gasteiger partial charge in [-0.25, -0.2) is 9.78 Å². The Morgan fingerprint density at radius 1 is 1.41 bits per heavy atom. The summed E-state index contributed by atoms with van der Waals surface area (Å²) in [5.41, 5.74) is 0.0551. The molecule has 126 valence electrons. The second-order valence-corrected chi connectivity index (χ2v) is 5.85. The monoisotopic (exact) mass is 315 g/mol. The Morgan fingerprint density at radius 3 is 2.50 bits per heavy atom. The number of aromatic nitrogens is 2. The molecule has 0 saturated heterocycles. The SMILES string of the molecule is COC(OC)C(O)C(Cc1c[nH]cn1)NC(=O)OC(C)(C)C. The van der Waals surface area contributed by atoms with Crippen molar-refractivity contribution in [1.82, 2.24) is 15.3 Å². The van der Waals surface area contributed by atoms with E-state index in [2.05, 4.69) is 15.3 Å². The summed E-state index contributed by atoms with van der Waals surface area (Å²) in [4.78, 5) is 18.9. The van der Waals surface area contributed by atoms with Crippen LogP contribution in [-0.2, 0) is 20.6 Å². The van der Waals surface area contributed by atoms with Crippen LogP contribution in [0.15, 0.2) is 12.5 Å². The summed E-state index contributed by atoms with van der Waals surface area (Å²) in [5.74, 6) is 0. The van der Waals surface area contributed by atoms with E-state index in [1.807, 2.05) is 0 Å². The van der Waals surface area contributed by atoms with Crippen molar-refractivity contribution in [3.8, 4) is 0 Å². The van der Waals surface area contributed by atoms with Gasteiger partial charge in [-0.05, 0) is 20.8 Å². The first-order valence-corrected chi connectivity index (χ1v) is 6.97. The predicted octanol–water partition coefficient (Wildman–Crippen LogP) is 0.825. The van der Waals surface area contributed by atoms with E-state index in [0.717, 1.165) is 0 Å². The van der Waals surface area contributed by atoms with Gasteiger partial charge in [0.25, 0.3) is 0 Å². The molecule has 0 aromatic carbocycles. The molecule has 0 saturated carbocycles. The predicted molar refractivity (Wildman–Crippen MR) is 79.3 cm³/mol. The molecule has 2 unspecified atom stereocenters. The molecule has 1 amide bonds. The molecule has 8 nitrogen and oxygen atoms in total. The second kappa shape index (κ2) is 8.11. The molecular formula is C14H25N3O5. The van der Waals surface area contributed by atoms with Gasteiger partial charge in [-0.3, -0.25) is 0 Å². The lowest BCUT2D eigenvalue weighted by molar-refractivity contribution is -0.171. The number of alkyl carbamates (subject to hydrolysis) is 1. The van der Waals surface area contributed by atoms with Gasteiger partial charge in [-0.2, -0.15) is 0 Å². The van der Waals surface area contributed by atoms with Crippen molar-refractivity contribution in [2.24, 2.45) is 0 Å². The van der Waals surface area contributed by atoms with Crippen LogP contribution in [0.1, 0.15) is 26.5 Å². The van der Waals surface area contributed by atoms with Crippen molar-refractivity contribution >= 4 is 6.09 Å². The van der Waals surface area contributed by atoms with Crippen LogP contribution in [0.4, 0.5) is 4.79 Å². The van der Waals surface area contributed by atoms with Crippen LogP contribution in [-0.4, -0.2) is 59.4 Å². The van der Waals surface area contributed by atoms with Crippen LogP contribution in [0.5, 0.6) is 0 Å². The van der Waals surface area contributed by atoms with E-state index >= 15 is 0 Å². The molecule has 1 aromatic rings. The molecule has 0 fully saturated rings. The number of methoxy groups -OCH3 is 2. The van der Waals surface area contributed by atoms with Gasteiger partial charge in [-0.1, -0.05) is 0 Å². The average Bonchev–Trinajstić information content (AvgIpc) is 2.90. The number of hydrogen-bond acceptors (Lipinski definition) is 6. The van der Waals surface area contributed by atoms with E-state index in [1.165, 1.54) is 20.5 Å². The van der Waals surface area contributed by atoms with Crippen molar-refractivity contribution in [2.45, 2.75) is 51.2 Å². The number of aromatic amines is 1. The minimum atomic E-state index is -1.08. The van der Waals surface area contributed by atoms with E-state index < -0.39 is 30.1 Å².